The molecular formula is C4H7N2O3-. The van der Waals surface area contributed by atoms with Gasteiger partial charge in [-0.1, -0.05) is 0 Å². The van der Waals surface area contributed by atoms with E-state index in [2.05, 4.69) is 10.5 Å². The molecule has 0 radical (unpaired) electrons. The number of carbonyl (C=O) groups is 1. The zero-order valence-corrected chi connectivity index (χ0v) is 4.88. The zero-order valence-electron chi connectivity index (χ0n) is 4.88. The Morgan fingerprint density at radius 3 is 2.56 bits per heavy atom. The van der Waals surface area contributed by atoms with Crippen molar-refractivity contribution in [2.45, 2.75) is 6.92 Å². The maximum absolute atomic E-state index is 9.91. The number of allylic oxidation sites excluding steroid dienone is 1. The molecule has 0 fully saturated rings. The van der Waals surface area contributed by atoms with Crippen LogP contribution >= 0.6 is 0 Å². The van der Waals surface area contributed by atoms with Crippen molar-refractivity contribution in [2.75, 3.05) is 0 Å². The van der Waals surface area contributed by atoms with Crippen molar-refractivity contribution in [3.63, 3.8) is 0 Å². The highest BCUT2D eigenvalue weighted by Crippen LogP contribution is 1.88. The zero-order chi connectivity index (χ0) is 7.28. The van der Waals surface area contributed by atoms with Gasteiger partial charge in [-0.3, -0.25) is 0 Å². The van der Waals surface area contributed by atoms with E-state index in [0.717, 1.165) is 0 Å². The Kier molecular flexibility index (Phi) is 3.22. The Labute approximate surface area is 52.1 Å². The Morgan fingerprint density at radius 2 is 2.44 bits per heavy atom. The highest BCUT2D eigenvalue weighted by Gasteiger charge is 1.93. The van der Waals surface area contributed by atoms with Crippen molar-refractivity contribution in [3.8, 4) is 0 Å². The van der Waals surface area contributed by atoms with Crippen LogP contribution in [0, 0.1) is 5.21 Å². The third-order valence-corrected chi connectivity index (χ3v) is 0.573. The lowest BCUT2D eigenvalue weighted by molar-refractivity contribution is 0.182. The normalized spacial score (nSPS) is 10.7. The Balaban J connectivity index is 3.71. The number of hydrogen-bond acceptors (Lipinski definition) is 4. The number of rotatable bonds is 2. The standard InChI is InChI=1S/C4H7N2O3/c1-2-3(6-8)9-4(5)7/h2,6H,1H3,(H2,5,7)/q-1. The first-order valence-corrected chi connectivity index (χ1v) is 2.22. The molecule has 0 aromatic heterocycles. The lowest BCUT2D eigenvalue weighted by atomic mass is 10.7. The van der Waals surface area contributed by atoms with E-state index in [1.54, 1.807) is 0 Å². The van der Waals surface area contributed by atoms with Crippen molar-refractivity contribution in [2.24, 2.45) is 5.73 Å². The molecule has 0 saturated carbocycles. The molecule has 0 aliphatic carbocycles. The first kappa shape index (κ1) is 7.77. The quantitative estimate of drug-likeness (QED) is 0.408. The minimum Gasteiger partial charge on any atom is -0.759 e. The summed E-state index contributed by atoms with van der Waals surface area (Å²) in [7, 11) is 0. The molecule has 0 unspecified atom stereocenters. The topological polar surface area (TPSA) is 87.4 Å². The molecule has 9 heavy (non-hydrogen) atoms. The number of carbonyl (C=O) groups excluding carboxylic acids is 1. The van der Waals surface area contributed by atoms with Gasteiger partial charge in [0.2, 0.25) is 0 Å². The van der Waals surface area contributed by atoms with Gasteiger partial charge in [0.05, 0.1) is 0 Å². The second kappa shape index (κ2) is 3.73. The highest BCUT2D eigenvalue weighted by molar-refractivity contribution is 5.65. The molecule has 3 N–H and O–H groups in total. The van der Waals surface area contributed by atoms with Crippen molar-refractivity contribution in [1.82, 2.24) is 5.48 Å². The third-order valence-electron chi connectivity index (χ3n) is 0.573. The summed E-state index contributed by atoms with van der Waals surface area (Å²) >= 11 is 0. The van der Waals surface area contributed by atoms with Crippen LogP contribution in [0.2, 0.25) is 0 Å². The van der Waals surface area contributed by atoms with E-state index >= 15 is 0 Å². The second-order valence-electron chi connectivity index (χ2n) is 1.18. The number of ether oxygens (including phenoxy) is 1. The summed E-state index contributed by atoms with van der Waals surface area (Å²) in [6, 6.07) is 0. The second-order valence-corrected chi connectivity index (χ2v) is 1.18. The van der Waals surface area contributed by atoms with E-state index in [0.29, 0.717) is 0 Å². The van der Waals surface area contributed by atoms with E-state index in [1.807, 2.05) is 0 Å². The number of hydroxylamine groups is 1. The van der Waals surface area contributed by atoms with E-state index < -0.39 is 6.09 Å². The molecule has 0 aliphatic rings. The molecule has 0 aromatic carbocycles. The van der Waals surface area contributed by atoms with Gasteiger partial charge >= 0.3 is 6.09 Å². The summed E-state index contributed by atoms with van der Waals surface area (Å²) in [5, 5.41) is 9.75. The predicted molar refractivity (Wildman–Crippen MR) is 30.9 cm³/mol. The van der Waals surface area contributed by atoms with Crippen LogP contribution in [-0.4, -0.2) is 6.09 Å². The fourth-order valence-corrected chi connectivity index (χ4v) is 0.247. The van der Waals surface area contributed by atoms with Crippen LogP contribution in [0.15, 0.2) is 12.0 Å². The Hall–Kier alpha value is -1.23. The number of primary amides is 1. The first-order valence-electron chi connectivity index (χ1n) is 2.22. The van der Waals surface area contributed by atoms with Crippen molar-refractivity contribution < 1.29 is 9.53 Å². The van der Waals surface area contributed by atoms with Gasteiger partial charge in [0.25, 0.3) is 0 Å². The van der Waals surface area contributed by atoms with Crippen LogP contribution in [0.1, 0.15) is 6.92 Å². The van der Waals surface area contributed by atoms with E-state index in [-0.39, 0.29) is 5.88 Å². The van der Waals surface area contributed by atoms with Crippen LogP contribution < -0.4 is 11.2 Å². The van der Waals surface area contributed by atoms with Crippen molar-refractivity contribution in [1.29, 1.82) is 0 Å². The highest BCUT2D eigenvalue weighted by atomic mass is 16.6. The smallest absolute Gasteiger partial charge is 0.411 e. The summed E-state index contributed by atoms with van der Waals surface area (Å²) in [6.07, 6.45) is 0.282. The molecule has 0 bridgehead atoms. The van der Waals surface area contributed by atoms with Crippen LogP contribution in [0.3, 0.4) is 0 Å². The minimum absolute atomic E-state index is 0.192. The van der Waals surface area contributed by atoms with Gasteiger partial charge in [-0.2, -0.15) is 0 Å². The summed E-state index contributed by atoms with van der Waals surface area (Å²) in [4.78, 5) is 9.91. The third kappa shape index (κ3) is 3.36. The summed E-state index contributed by atoms with van der Waals surface area (Å²) in [5.74, 6) is -0.192. The van der Waals surface area contributed by atoms with Crippen LogP contribution in [0.4, 0.5) is 4.79 Å². The number of hydrogen-bond donors (Lipinski definition) is 2. The number of amides is 1. The van der Waals surface area contributed by atoms with Crippen LogP contribution in [0.5, 0.6) is 0 Å². The Bertz CT molecular complexity index is 132. The van der Waals surface area contributed by atoms with Crippen LogP contribution in [-0.2, 0) is 4.74 Å². The molecule has 0 spiro atoms. The van der Waals surface area contributed by atoms with Gasteiger partial charge in [-0.15, -0.1) is 0 Å². The molecule has 0 atom stereocenters. The monoisotopic (exact) mass is 131 g/mol. The van der Waals surface area contributed by atoms with E-state index in [9.17, 15) is 10.0 Å². The molecular weight excluding hydrogens is 124 g/mol. The number of nitrogens with two attached hydrogens (primary N) is 1. The van der Waals surface area contributed by atoms with Gasteiger partial charge < -0.3 is 21.2 Å². The van der Waals surface area contributed by atoms with Crippen molar-refractivity contribution in [3.05, 3.63) is 17.2 Å². The molecule has 1 amide bonds. The van der Waals surface area contributed by atoms with E-state index in [4.69, 9.17) is 0 Å². The molecule has 0 rings (SSSR count). The van der Waals surface area contributed by atoms with Gasteiger partial charge in [-0.05, 0) is 13.0 Å². The van der Waals surface area contributed by atoms with Gasteiger partial charge in [0, 0.05) is 0 Å². The van der Waals surface area contributed by atoms with E-state index in [1.165, 1.54) is 18.5 Å². The molecule has 5 heteroatoms. The minimum atomic E-state index is -1.01. The summed E-state index contributed by atoms with van der Waals surface area (Å²) in [5.41, 5.74) is 5.93. The lowest BCUT2D eigenvalue weighted by Crippen LogP contribution is -2.17. The van der Waals surface area contributed by atoms with Crippen LogP contribution in [0.25, 0.3) is 0 Å². The predicted octanol–water partition coefficient (Wildman–Crippen LogP) is 0.0304. The molecule has 0 heterocycles. The maximum atomic E-state index is 9.91. The van der Waals surface area contributed by atoms with Gasteiger partial charge in [0.15, 0.2) is 5.88 Å². The summed E-state index contributed by atoms with van der Waals surface area (Å²) in [6.45, 7) is 1.53. The van der Waals surface area contributed by atoms with Crippen molar-refractivity contribution >= 4 is 6.09 Å². The SMILES string of the molecule is CC=C(N[O-])OC(N)=O. The average Bonchev–Trinajstić information content (AvgIpc) is 1.82. The van der Waals surface area contributed by atoms with Gasteiger partial charge in [-0.25, -0.2) is 4.79 Å². The average molecular weight is 131 g/mol. The molecule has 5 nitrogen and oxygen atoms in total. The number of nitrogens with one attached hydrogen (secondary N) is 1. The molecule has 52 valence electrons. The maximum Gasteiger partial charge on any atom is 0.411 e. The Morgan fingerprint density at radius 1 is 1.89 bits per heavy atom. The fraction of sp³-hybridized carbons (Fsp3) is 0.250. The van der Waals surface area contributed by atoms with Gasteiger partial charge in [0.1, 0.15) is 0 Å². The molecule has 0 aliphatic heterocycles. The largest absolute Gasteiger partial charge is 0.759 e. The first-order chi connectivity index (χ1) is 4.20. The molecule has 0 aromatic rings. The summed E-state index contributed by atoms with van der Waals surface area (Å²) < 4.78 is 4.12. The lowest BCUT2D eigenvalue weighted by Gasteiger charge is -2.10. The molecule has 0 saturated heterocycles. The fourth-order valence-electron chi connectivity index (χ4n) is 0.247.